The summed E-state index contributed by atoms with van der Waals surface area (Å²) in [7, 11) is 0. The largest absolute Gasteiger partial charge is 0.508 e. The third-order valence-corrected chi connectivity index (χ3v) is 6.60. The quantitative estimate of drug-likeness (QED) is 0.352. The summed E-state index contributed by atoms with van der Waals surface area (Å²) in [5.74, 6) is 0.509. The summed E-state index contributed by atoms with van der Waals surface area (Å²) in [5, 5.41) is 14.3. The van der Waals surface area contributed by atoms with Crippen molar-refractivity contribution < 1.29 is 19.2 Å². The molecule has 0 saturated carbocycles. The highest BCUT2D eigenvalue weighted by molar-refractivity contribution is 5.71. The Labute approximate surface area is 212 Å². The second kappa shape index (κ2) is 11.5. The van der Waals surface area contributed by atoms with Gasteiger partial charge in [-0.05, 0) is 44.0 Å². The molecule has 0 amide bonds. The lowest BCUT2D eigenvalue weighted by Gasteiger charge is -2.47. The number of hydrogen-bond acceptors (Lipinski definition) is 8. The predicted molar refractivity (Wildman–Crippen MR) is 137 cm³/mol. The molecule has 8 nitrogen and oxygen atoms in total. The van der Waals surface area contributed by atoms with E-state index in [0.717, 1.165) is 36.3 Å². The van der Waals surface area contributed by atoms with E-state index < -0.39 is 5.97 Å². The monoisotopic (exact) mass is 490 g/mol. The summed E-state index contributed by atoms with van der Waals surface area (Å²) in [6.07, 6.45) is 1.91. The van der Waals surface area contributed by atoms with Gasteiger partial charge in [0, 0.05) is 37.3 Å². The lowest BCUT2D eigenvalue weighted by molar-refractivity contribution is -0.142. The van der Waals surface area contributed by atoms with E-state index in [1.54, 1.807) is 13.0 Å². The zero-order valence-electron chi connectivity index (χ0n) is 21.1. The molecule has 0 aliphatic carbocycles. The lowest BCUT2D eigenvalue weighted by Crippen LogP contribution is -2.57. The van der Waals surface area contributed by atoms with Crippen LogP contribution in [0.3, 0.4) is 0 Å². The van der Waals surface area contributed by atoms with Gasteiger partial charge in [-0.2, -0.15) is 4.98 Å². The van der Waals surface area contributed by atoms with E-state index in [-0.39, 0.29) is 24.1 Å². The Hall–Kier alpha value is -3.49. The number of benzene rings is 2. The summed E-state index contributed by atoms with van der Waals surface area (Å²) in [6.45, 7) is 13.2. The van der Waals surface area contributed by atoms with Crippen LogP contribution >= 0.6 is 0 Å². The summed E-state index contributed by atoms with van der Waals surface area (Å²) in [5.41, 5.74) is 2.94. The molecule has 1 aliphatic rings. The first-order valence-corrected chi connectivity index (χ1v) is 12.4. The fourth-order valence-corrected chi connectivity index (χ4v) is 4.87. The van der Waals surface area contributed by atoms with Gasteiger partial charge >= 0.3 is 5.97 Å². The van der Waals surface area contributed by atoms with Gasteiger partial charge in [-0.15, -0.1) is 6.58 Å². The number of piperazine rings is 1. The minimum Gasteiger partial charge on any atom is -0.508 e. The maximum absolute atomic E-state index is 11.7. The topological polar surface area (TPSA) is 91.9 Å². The summed E-state index contributed by atoms with van der Waals surface area (Å²) >= 11 is 0. The third kappa shape index (κ3) is 5.83. The van der Waals surface area contributed by atoms with Crippen LogP contribution in [0.4, 0.5) is 0 Å². The second-order valence-electron chi connectivity index (χ2n) is 9.25. The highest BCUT2D eigenvalue weighted by Crippen LogP contribution is 2.35. The maximum atomic E-state index is 11.7. The number of phenolic OH excluding ortho intramolecular Hbond substituents is 1. The number of hydrogen-bond donors (Lipinski definition) is 1. The fraction of sp³-hybridized carbons (Fsp3) is 0.393. The molecular formula is C28H34N4O4. The molecule has 3 aromatic rings. The maximum Gasteiger partial charge on any atom is 0.315 e. The van der Waals surface area contributed by atoms with Gasteiger partial charge in [0.1, 0.15) is 12.2 Å². The molecule has 190 valence electrons. The molecule has 1 fully saturated rings. The minimum atomic E-state index is -0.395. The first-order chi connectivity index (χ1) is 17.4. The van der Waals surface area contributed by atoms with Gasteiger partial charge in [0.25, 0.3) is 0 Å². The fourth-order valence-electron chi connectivity index (χ4n) is 4.87. The van der Waals surface area contributed by atoms with Crippen molar-refractivity contribution >= 4 is 5.97 Å². The Balaban J connectivity index is 1.61. The number of carbonyl (C=O) groups excluding carboxylic acids is 1. The van der Waals surface area contributed by atoms with E-state index in [4.69, 9.17) is 9.26 Å². The number of ether oxygens (including phenoxy) is 1. The summed E-state index contributed by atoms with van der Waals surface area (Å²) in [6, 6.07) is 16.2. The highest BCUT2D eigenvalue weighted by Gasteiger charge is 2.34. The van der Waals surface area contributed by atoms with Crippen LogP contribution in [0.2, 0.25) is 0 Å². The molecule has 1 aromatic heterocycles. The molecular weight excluding hydrogens is 456 g/mol. The van der Waals surface area contributed by atoms with Crippen LogP contribution in [0, 0.1) is 0 Å². The van der Waals surface area contributed by atoms with Gasteiger partial charge in [0.05, 0.1) is 12.6 Å². The zero-order chi connectivity index (χ0) is 25.7. The van der Waals surface area contributed by atoms with Crippen LogP contribution in [0.1, 0.15) is 43.8 Å². The minimum absolute atomic E-state index is 0.0286. The van der Waals surface area contributed by atoms with Crippen LogP contribution in [0.5, 0.6) is 5.75 Å². The van der Waals surface area contributed by atoms with Crippen molar-refractivity contribution in [1.29, 1.82) is 0 Å². The van der Waals surface area contributed by atoms with E-state index >= 15 is 0 Å². The highest BCUT2D eigenvalue weighted by atomic mass is 16.5. The number of aromatic nitrogens is 2. The van der Waals surface area contributed by atoms with E-state index in [1.165, 1.54) is 0 Å². The predicted octanol–water partition coefficient (Wildman–Crippen LogP) is 4.22. The van der Waals surface area contributed by atoms with Gasteiger partial charge in [-0.1, -0.05) is 47.6 Å². The van der Waals surface area contributed by atoms with Gasteiger partial charge in [-0.25, -0.2) is 0 Å². The number of phenols is 1. The molecule has 8 heteroatoms. The molecule has 2 heterocycles. The molecule has 1 saturated heterocycles. The average Bonchev–Trinajstić information content (AvgIpc) is 3.31. The number of aromatic hydroxyl groups is 1. The van der Waals surface area contributed by atoms with Crippen LogP contribution in [-0.4, -0.2) is 69.3 Å². The van der Waals surface area contributed by atoms with Crippen molar-refractivity contribution in [3.63, 3.8) is 0 Å². The zero-order valence-corrected chi connectivity index (χ0v) is 21.1. The molecule has 1 N–H and O–H groups in total. The van der Waals surface area contributed by atoms with E-state index in [0.29, 0.717) is 24.5 Å². The molecule has 36 heavy (non-hydrogen) atoms. The van der Waals surface area contributed by atoms with Crippen LogP contribution < -0.4 is 0 Å². The smallest absolute Gasteiger partial charge is 0.315 e. The van der Waals surface area contributed by atoms with Crippen molar-refractivity contribution in [2.24, 2.45) is 0 Å². The van der Waals surface area contributed by atoms with Crippen molar-refractivity contribution in [2.75, 3.05) is 26.2 Å². The lowest BCUT2D eigenvalue weighted by atomic mass is 9.92. The molecule has 2 aromatic carbocycles. The Morgan fingerprint density at radius 2 is 1.97 bits per heavy atom. The van der Waals surface area contributed by atoms with Crippen molar-refractivity contribution in [3.8, 4) is 17.1 Å². The number of carbonyl (C=O) groups is 1. The summed E-state index contributed by atoms with van der Waals surface area (Å²) in [4.78, 5) is 21.0. The Morgan fingerprint density at radius 1 is 1.19 bits per heavy atom. The van der Waals surface area contributed by atoms with Gasteiger partial charge in [0.2, 0.25) is 11.7 Å². The molecule has 0 bridgehead atoms. The summed E-state index contributed by atoms with van der Waals surface area (Å²) < 4.78 is 10.2. The third-order valence-electron chi connectivity index (χ3n) is 6.60. The Bertz CT molecular complexity index is 1180. The van der Waals surface area contributed by atoms with Crippen LogP contribution in [-0.2, 0) is 16.0 Å². The van der Waals surface area contributed by atoms with Crippen molar-refractivity contribution in [3.05, 3.63) is 78.2 Å². The first-order valence-electron chi connectivity index (χ1n) is 12.4. The van der Waals surface area contributed by atoms with Crippen LogP contribution in [0.15, 0.2) is 65.7 Å². The Morgan fingerprint density at radius 3 is 2.67 bits per heavy atom. The molecule has 0 spiro atoms. The van der Waals surface area contributed by atoms with E-state index in [2.05, 4.69) is 58.6 Å². The standard InChI is InChI=1S/C28H34N4O4/c1-5-14-31-17-20(4)32(18-19(31)3)27(23-8-7-9-24(33)15-23)21-10-12-22(13-11-21)28-29-25(36-30-28)16-26(34)35-6-2/h5,7-13,15,19-20,27,33H,1,6,14,16-18H2,2-4H3. The number of nitrogens with zero attached hydrogens (tertiary/aromatic N) is 4. The molecule has 3 atom stereocenters. The van der Waals surface area contributed by atoms with Gasteiger partial charge in [0.15, 0.2) is 0 Å². The number of esters is 1. The number of rotatable bonds is 9. The Kier molecular flexibility index (Phi) is 8.18. The van der Waals surface area contributed by atoms with E-state index in [9.17, 15) is 9.90 Å². The van der Waals surface area contributed by atoms with Crippen LogP contribution in [0.25, 0.3) is 11.4 Å². The second-order valence-corrected chi connectivity index (χ2v) is 9.25. The van der Waals surface area contributed by atoms with Crippen molar-refractivity contribution in [2.45, 2.75) is 45.3 Å². The first kappa shape index (κ1) is 25.6. The normalized spacial score (nSPS) is 19.6. The van der Waals surface area contributed by atoms with E-state index in [1.807, 2.05) is 30.3 Å². The molecule has 1 aliphatic heterocycles. The van der Waals surface area contributed by atoms with Crippen molar-refractivity contribution in [1.82, 2.24) is 19.9 Å². The average molecular weight is 491 g/mol. The molecule has 0 radical (unpaired) electrons. The van der Waals surface area contributed by atoms with Gasteiger partial charge in [-0.3, -0.25) is 14.6 Å². The SMILES string of the molecule is C=CCN1CC(C)N(C(c2ccc(-c3noc(CC(=O)OCC)n3)cc2)c2cccc(O)c2)CC1C. The van der Waals surface area contributed by atoms with Gasteiger partial charge < -0.3 is 14.4 Å². The molecule has 3 unspecified atom stereocenters. The molecule has 4 rings (SSSR count).